The van der Waals surface area contributed by atoms with E-state index in [1.54, 1.807) is 0 Å². The van der Waals surface area contributed by atoms with Crippen molar-refractivity contribution in [3.8, 4) is 0 Å². The number of hydrogen-bond acceptors (Lipinski definition) is 7. The second kappa shape index (κ2) is 5.91. The van der Waals surface area contributed by atoms with Gasteiger partial charge in [-0.2, -0.15) is 8.42 Å². The van der Waals surface area contributed by atoms with Gasteiger partial charge in [-0.15, -0.1) is 3.89 Å². The molecule has 11 heteroatoms. The van der Waals surface area contributed by atoms with Crippen LogP contribution in [0.3, 0.4) is 0 Å². The van der Waals surface area contributed by atoms with Crippen LogP contribution in [-0.4, -0.2) is 44.1 Å². The normalized spacial score (nSPS) is 18.1. The zero-order valence-electron chi connectivity index (χ0n) is 11.8. The summed E-state index contributed by atoms with van der Waals surface area (Å²) in [6, 6.07) is 3.10. The first-order valence-corrected chi connectivity index (χ1v) is 7.69. The van der Waals surface area contributed by atoms with Crippen LogP contribution in [0.25, 0.3) is 0 Å². The summed E-state index contributed by atoms with van der Waals surface area (Å²) in [5.41, 5.74) is -0.742. The van der Waals surface area contributed by atoms with Crippen LogP contribution in [0.4, 0.5) is 15.3 Å². The van der Waals surface area contributed by atoms with Crippen molar-refractivity contribution in [3.05, 3.63) is 33.9 Å². The number of nitro groups is 1. The average Bonchev–Trinajstić information content (AvgIpc) is 2.88. The zero-order valence-corrected chi connectivity index (χ0v) is 12.6. The van der Waals surface area contributed by atoms with Crippen LogP contribution in [0.1, 0.15) is 16.8 Å². The van der Waals surface area contributed by atoms with Gasteiger partial charge < -0.3 is 9.64 Å². The van der Waals surface area contributed by atoms with E-state index < -0.39 is 50.9 Å². The molecule has 1 fully saturated rings. The molecule has 1 aromatic rings. The standard InChI is InChI=1S/C12H11FN2O7S/c1-22-12(17)7-2-8(4-9(3-7)15(18)19)14-6-10(5-11(14)16)23(13,20)21/h2-4,10H,5-6H2,1H3. The predicted molar refractivity (Wildman–Crippen MR) is 75.2 cm³/mol. The van der Waals surface area contributed by atoms with Crippen LogP contribution >= 0.6 is 0 Å². The summed E-state index contributed by atoms with van der Waals surface area (Å²) >= 11 is 0. The largest absolute Gasteiger partial charge is 0.465 e. The molecule has 1 amide bonds. The first-order chi connectivity index (χ1) is 10.6. The monoisotopic (exact) mass is 346 g/mol. The average molecular weight is 346 g/mol. The maximum absolute atomic E-state index is 13.0. The van der Waals surface area contributed by atoms with Gasteiger partial charge in [0.2, 0.25) is 5.91 Å². The van der Waals surface area contributed by atoms with Crippen molar-refractivity contribution in [2.75, 3.05) is 18.6 Å². The van der Waals surface area contributed by atoms with E-state index in [1.807, 2.05) is 0 Å². The molecule has 1 aliphatic heterocycles. The van der Waals surface area contributed by atoms with Gasteiger partial charge in [-0.25, -0.2) is 4.79 Å². The van der Waals surface area contributed by atoms with Crippen LogP contribution in [0.15, 0.2) is 18.2 Å². The molecule has 2 rings (SSSR count). The first kappa shape index (κ1) is 16.8. The molecule has 0 radical (unpaired) electrons. The number of non-ortho nitro benzene ring substituents is 1. The Bertz CT molecular complexity index is 793. The molecular weight excluding hydrogens is 335 g/mol. The lowest BCUT2D eigenvalue weighted by atomic mass is 10.1. The van der Waals surface area contributed by atoms with Crippen molar-refractivity contribution >= 4 is 33.5 Å². The third kappa shape index (κ3) is 3.44. The van der Waals surface area contributed by atoms with E-state index in [0.29, 0.717) is 0 Å². The number of rotatable bonds is 4. The van der Waals surface area contributed by atoms with E-state index in [4.69, 9.17) is 0 Å². The number of anilines is 1. The molecule has 1 aliphatic rings. The molecule has 1 unspecified atom stereocenters. The molecule has 1 saturated heterocycles. The van der Waals surface area contributed by atoms with Crippen molar-refractivity contribution in [1.82, 2.24) is 0 Å². The number of amides is 1. The molecular formula is C12H11FN2O7S. The fraction of sp³-hybridized carbons (Fsp3) is 0.333. The second-order valence-corrected chi connectivity index (χ2v) is 6.41. The first-order valence-electron chi connectivity index (χ1n) is 6.25. The van der Waals surface area contributed by atoms with Crippen molar-refractivity contribution < 1.29 is 31.6 Å². The molecule has 1 heterocycles. The van der Waals surface area contributed by atoms with E-state index in [9.17, 15) is 32.0 Å². The number of esters is 1. The Hall–Kier alpha value is -2.56. The summed E-state index contributed by atoms with van der Waals surface area (Å²) in [5, 5.41) is 9.38. The Morgan fingerprint density at radius 3 is 2.57 bits per heavy atom. The molecule has 0 aliphatic carbocycles. The van der Waals surface area contributed by atoms with Crippen LogP contribution in [0.2, 0.25) is 0 Å². The minimum atomic E-state index is -4.92. The molecule has 0 spiro atoms. The van der Waals surface area contributed by atoms with Gasteiger partial charge in [0.15, 0.2) is 0 Å². The molecule has 0 aromatic heterocycles. The van der Waals surface area contributed by atoms with E-state index in [0.717, 1.165) is 30.2 Å². The van der Waals surface area contributed by atoms with Gasteiger partial charge >= 0.3 is 16.2 Å². The summed E-state index contributed by atoms with van der Waals surface area (Å²) in [6.07, 6.45) is -0.574. The van der Waals surface area contributed by atoms with Crippen molar-refractivity contribution in [3.63, 3.8) is 0 Å². The van der Waals surface area contributed by atoms with Crippen LogP contribution in [0, 0.1) is 10.1 Å². The van der Waals surface area contributed by atoms with E-state index in [2.05, 4.69) is 4.74 Å². The number of nitro benzene ring substituents is 1. The van der Waals surface area contributed by atoms with Crippen LogP contribution in [-0.2, 0) is 19.8 Å². The number of methoxy groups -OCH3 is 1. The third-order valence-corrected chi connectivity index (χ3v) is 4.45. The SMILES string of the molecule is COC(=O)c1cc(N2CC(S(=O)(=O)F)CC2=O)cc([N+](=O)[O-])c1. The fourth-order valence-corrected chi connectivity index (χ4v) is 2.87. The van der Waals surface area contributed by atoms with Gasteiger partial charge in [0.25, 0.3) is 5.69 Å². The summed E-state index contributed by atoms with van der Waals surface area (Å²) in [4.78, 5) is 34.5. The summed E-state index contributed by atoms with van der Waals surface area (Å²) in [5.74, 6) is -1.58. The van der Waals surface area contributed by atoms with Gasteiger partial charge in [0, 0.05) is 25.1 Å². The lowest BCUT2D eigenvalue weighted by molar-refractivity contribution is -0.384. The number of halogens is 1. The highest BCUT2D eigenvalue weighted by molar-refractivity contribution is 7.87. The van der Waals surface area contributed by atoms with Gasteiger partial charge in [-0.05, 0) is 6.07 Å². The molecule has 0 bridgehead atoms. The quantitative estimate of drug-likeness (QED) is 0.341. The Labute approximate surface area is 130 Å². The zero-order chi connectivity index (χ0) is 17.4. The van der Waals surface area contributed by atoms with Gasteiger partial charge in [0.05, 0.1) is 23.3 Å². The maximum Gasteiger partial charge on any atom is 0.338 e. The second-order valence-electron chi connectivity index (χ2n) is 4.79. The Morgan fingerprint density at radius 2 is 2.09 bits per heavy atom. The summed E-state index contributed by atoms with van der Waals surface area (Å²) in [6.45, 7) is -0.487. The Morgan fingerprint density at radius 1 is 1.43 bits per heavy atom. The lowest BCUT2D eigenvalue weighted by Gasteiger charge is -2.16. The maximum atomic E-state index is 13.0. The number of ether oxygens (including phenoxy) is 1. The van der Waals surface area contributed by atoms with Crippen LogP contribution < -0.4 is 4.90 Å². The number of benzene rings is 1. The molecule has 0 saturated carbocycles. The van der Waals surface area contributed by atoms with E-state index >= 15 is 0 Å². The van der Waals surface area contributed by atoms with Gasteiger partial charge in [0.1, 0.15) is 5.25 Å². The Kier molecular flexibility index (Phi) is 4.32. The summed E-state index contributed by atoms with van der Waals surface area (Å²) in [7, 11) is -3.85. The molecule has 9 nitrogen and oxygen atoms in total. The van der Waals surface area contributed by atoms with Gasteiger partial charge in [-0.3, -0.25) is 14.9 Å². The van der Waals surface area contributed by atoms with E-state index in [1.165, 1.54) is 0 Å². The smallest absolute Gasteiger partial charge is 0.338 e. The highest BCUT2D eigenvalue weighted by Gasteiger charge is 2.39. The third-order valence-electron chi connectivity index (χ3n) is 3.33. The predicted octanol–water partition coefficient (Wildman–Crippen LogP) is 0.786. The fourth-order valence-electron chi connectivity index (χ4n) is 2.21. The highest BCUT2D eigenvalue weighted by Crippen LogP contribution is 2.30. The number of carbonyl (C=O) groups excluding carboxylic acids is 2. The molecule has 1 atom stereocenters. The number of hydrogen-bond donors (Lipinski definition) is 0. The molecule has 124 valence electrons. The van der Waals surface area contributed by atoms with E-state index in [-0.39, 0.29) is 11.3 Å². The number of carbonyl (C=O) groups is 2. The van der Waals surface area contributed by atoms with Crippen LogP contribution in [0.5, 0.6) is 0 Å². The minimum Gasteiger partial charge on any atom is -0.465 e. The topological polar surface area (TPSA) is 124 Å². The van der Waals surface area contributed by atoms with Crippen molar-refractivity contribution in [2.45, 2.75) is 11.7 Å². The molecule has 23 heavy (non-hydrogen) atoms. The highest BCUT2D eigenvalue weighted by atomic mass is 32.3. The lowest BCUT2D eigenvalue weighted by Crippen LogP contribution is -2.27. The minimum absolute atomic E-state index is 0.0734. The van der Waals surface area contributed by atoms with Gasteiger partial charge in [-0.1, -0.05) is 0 Å². The number of nitrogens with zero attached hydrogens (tertiary/aromatic N) is 2. The van der Waals surface area contributed by atoms with Crippen molar-refractivity contribution in [2.24, 2.45) is 0 Å². The molecule has 0 N–H and O–H groups in total. The van der Waals surface area contributed by atoms with Crippen molar-refractivity contribution in [1.29, 1.82) is 0 Å². The Balaban J connectivity index is 2.46. The summed E-state index contributed by atoms with van der Waals surface area (Å²) < 4.78 is 39.4. The molecule has 1 aromatic carbocycles.